The van der Waals surface area contributed by atoms with Crippen molar-refractivity contribution < 1.29 is 14.4 Å². The SMILES string of the molecule is CC(C)(C)C1CCC2(CC1)NC(=O)N(CC(=O)NCc1ccc(Cl)cc1)C2=O. The van der Waals surface area contributed by atoms with Crippen molar-refractivity contribution in [1.29, 1.82) is 0 Å². The quantitative estimate of drug-likeness (QED) is 0.752. The number of hydrogen-bond donors (Lipinski definition) is 2. The van der Waals surface area contributed by atoms with E-state index in [1.54, 1.807) is 12.1 Å². The van der Waals surface area contributed by atoms with Crippen molar-refractivity contribution >= 4 is 29.4 Å². The molecule has 28 heavy (non-hydrogen) atoms. The molecule has 7 heteroatoms. The maximum absolute atomic E-state index is 12.9. The minimum absolute atomic E-state index is 0.189. The Morgan fingerprint density at radius 1 is 1.21 bits per heavy atom. The zero-order valence-corrected chi connectivity index (χ0v) is 17.4. The van der Waals surface area contributed by atoms with Gasteiger partial charge < -0.3 is 10.6 Å². The van der Waals surface area contributed by atoms with Crippen LogP contribution in [-0.4, -0.2) is 34.8 Å². The molecular formula is C21H28ClN3O3. The fraction of sp³-hybridized carbons (Fsp3) is 0.571. The summed E-state index contributed by atoms with van der Waals surface area (Å²) in [5.41, 5.74) is 0.246. The third-order valence-electron chi connectivity index (χ3n) is 6.01. The Kier molecular flexibility index (Phi) is 5.71. The standard InChI is InChI=1S/C21H28ClN3O3/c1-20(2,3)15-8-10-21(11-9-15)18(27)25(19(28)24-21)13-17(26)23-12-14-4-6-16(22)7-5-14/h4-7,15H,8-13H2,1-3H3,(H,23,26)(H,24,28). The summed E-state index contributed by atoms with van der Waals surface area (Å²) in [5.74, 6) is -0.107. The van der Waals surface area contributed by atoms with Gasteiger partial charge in [0.1, 0.15) is 12.1 Å². The van der Waals surface area contributed by atoms with Crippen molar-refractivity contribution in [2.24, 2.45) is 11.3 Å². The molecule has 0 bridgehead atoms. The molecule has 1 heterocycles. The van der Waals surface area contributed by atoms with Gasteiger partial charge in [-0.15, -0.1) is 0 Å². The number of imide groups is 1. The summed E-state index contributed by atoms with van der Waals surface area (Å²) in [4.78, 5) is 38.7. The highest BCUT2D eigenvalue weighted by Gasteiger charge is 2.53. The van der Waals surface area contributed by atoms with Crippen molar-refractivity contribution in [2.45, 2.75) is 58.5 Å². The highest BCUT2D eigenvalue weighted by molar-refractivity contribution is 6.30. The van der Waals surface area contributed by atoms with Crippen LogP contribution >= 0.6 is 11.6 Å². The highest BCUT2D eigenvalue weighted by atomic mass is 35.5. The van der Waals surface area contributed by atoms with Crippen molar-refractivity contribution in [3.8, 4) is 0 Å². The predicted octanol–water partition coefficient (Wildman–Crippen LogP) is 3.48. The van der Waals surface area contributed by atoms with Crippen LogP contribution in [0.2, 0.25) is 5.02 Å². The van der Waals surface area contributed by atoms with Gasteiger partial charge >= 0.3 is 6.03 Å². The molecule has 2 fully saturated rings. The lowest BCUT2D eigenvalue weighted by molar-refractivity contribution is -0.136. The normalized spacial score (nSPS) is 25.1. The van der Waals surface area contributed by atoms with E-state index in [2.05, 4.69) is 31.4 Å². The zero-order valence-electron chi connectivity index (χ0n) is 16.7. The second-order valence-electron chi connectivity index (χ2n) is 8.95. The number of hydrogen-bond acceptors (Lipinski definition) is 3. The number of carbonyl (C=O) groups excluding carboxylic acids is 3. The van der Waals surface area contributed by atoms with E-state index in [4.69, 9.17) is 11.6 Å². The average molecular weight is 406 g/mol. The van der Waals surface area contributed by atoms with Gasteiger partial charge in [0.05, 0.1) is 0 Å². The molecular weight excluding hydrogens is 378 g/mol. The van der Waals surface area contributed by atoms with E-state index in [0.29, 0.717) is 30.3 Å². The van der Waals surface area contributed by atoms with Gasteiger partial charge in [-0.25, -0.2) is 4.79 Å². The first kappa shape index (κ1) is 20.6. The molecule has 1 spiro atoms. The Bertz CT molecular complexity index is 762. The molecule has 0 radical (unpaired) electrons. The number of nitrogens with zero attached hydrogens (tertiary/aromatic N) is 1. The van der Waals surface area contributed by atoms with E-state index in [9.17, 15) is 14.4 Å². The van der Waals surface area contributed by atoms with Crippen LogP contribution in [0.1, 0.15) is 52.0 Å². The van der Waals surface area contributed by atoms with Crippen molar-refractivity contribution in [3.05, 3.63) is 34.9 Å². The summed E-state index contributed by atoms with van der Waals surface area (Å²) in [6.07, 6.45) is 3.04. The minimum Gasteiger partial charge on any atom is -0.350 e. The molecule has 2 aliphatic rings. The third-order valence-corrected chi connectivity index (χ3v) is 6.27. The van der Waals surface area contributed by atoms with Crippen LogP contribution in [-0.2, 0) is 16.1 Å². The van der Waals surface area contributed by atoms with E-state index in [1.165, 1.54) is 0 Å². The van der Waals surface area contributed by atoms with Crippen molar-refractivity contribution in [2.75, 3.05) is 6.54 Å². The molecule has 152 valence electrons. The third kappa shape index (κ3) is 4.32. The number of carbonyl (C=O) groups is 3. The van der Waals surface area contributed by atoms with Crippen LogP contribution in [0.4, 0.5) is 4.79 Å². The number of rotatable bonds is 4. The monoisotopic (exact) mass is 405 g/mol. The van der Waals surface area contributed by atoms with Gasteiger partial charge in [-0.1, -0.05) is 44.5 Å². The van der Waals surface area contributed by atoms with Gasteiger partial charge in [0.15, 0.2) is 0 Å². The first-order valence-corrected chi connectivity index (χ1v) is 10.1. The maximum Gasteiger partial charge on any atom is 0.325 e. The predicted molar refractivity (Wildman–Crippen MR) is 108 cm³/mol. The molecule has 4 amide bonds. The molecule has 3 rings (SSSR count). The summed E-state index contributed by atoms with van der Waals surface area (Å²) < 4.78 is 0. The molecule has 1 aliphatic heterocycles. The molecule has 1 aromatic carbocycles. The topological polar surface area (TPSA) is 78.5 Å². The van der Waals surface area contributed by atoms with Gasteiger partial charge in [0, 0.05) is 11.6 Å². The summed E-state index contributed by atoms with van der Waals surface area (Å²) in [6, 6.07) is 6.66. The largest absolute Gasteiger partial charge is 0.350 e. The second kappa shape index (κ2) is 7.74. The van der Waals surface area contributed by atoms with Crippen LogP contribution in [0.25, 0.3) is 0 Å². The summed E-state index contributed by atoms with van der Waals surface area (Å²) in [6.45, 7) is 6.69. The molecule has 0 aromatic heterocycles. The number of benzene rings is 1. The van der Waals surface area contributed by atoms with Gasteiger partial charge in [0.25, 0.3) is 5.91 Å². The second-order valence-corrected chi connectivity index (χ2v) is 9.38. The Morgan fingerprint density at radius 3 is 2.39 bits per heavy atom. The van der Waals surface area contributed by atoms with Crippen LogP contribution in [0.15, 0.2) is 24.3 Å². The van der Waals surface area contributed by atoms with E-state index >= 15 is 0 Å². The molecule has 2 N–H and O–H groups in total. The van der Waals surface area contributed by atoms with Crippen LogP contribution in [0.5, 0.6) is 0 Å². The average Bonchev–Trinajstić information content (AvgIpc) is 2.85. The van der Waals surface area contributed by atoms with E-state index in [1.807, 2.05) is 12.1 Å². The Balaban J connectivity index is 1.56. The van der Waals surface area contributed by atoms with E-state index < -0.39 is 11.6 Å². The van der Waals surface area contributed by atoms with E-state index in [0.717, 1.165) is 23.3 Å². The molecule has 6 nitrogen and oxygen atoms in total. The number of urea groups is 1. The molecule has 1 aromatic rings. The summed E-state index contributed by atoms with van der Waals surface area (Å²) in [5, 5.41) is 6.24. The Hall–Kier alpha value is -2.08. The minimum atomic E-state index is -0.838. The maximum atomic E-state index is 12.9. The molecule has 1 saturated carbocycles. The first-order valence-electron chi connectivity index (χ1n) is 9.76. The van der Waals surface area contributed by atoms with Crippen LogP contribution < -0.4 is 10.6 Å². The molecule has 1 aliphatic carbocycles. The fourth-order valence-corrected chi connectivity index (χ4v) is 4.26. The van der Waals surface area contributed by atoms with Crippen LogP contribution in [0.3, 0.4) is 0 Å². The van der Waals surface area contributed by atoms with Gasteiger partial charge in [0.2, 0.25) is 5.91 Å². The summed E-state index contributed by atoms with van der Waals surface area (Å²) >= 11 is 5.85. The van der Waals surface area contributed by atoms with Gasteiger partial charge in [-0.3, -0.25) is 14.5 Å². The summed E-state index contributed by atoms with van der Waals surface area (Å²) in [7, 11) is 0. The number of halogens is 1. The zero-order chi connectivity index (χ0) is 20.5. The first-order chi connectivity index (χ1) is 13.1. The lowest BCUT2D eigenvalue weighted by Gasteiger charge is -2.40. The van der Waals surface area contributed by atoms with Gasteiger partial charge in [-0.2, -0.15) is 0 Å². The number of nitrogens with one attached hydrogen (secondary N) is 2. The van der Waals surface area contributed by atoms with Crippen LogP contribution in [0, 0.1) is 11.3 Å². The molecule has 0 unspecified atom stereocenters. The smallest absolute Gasteiger partial charge is 0.325 e. The Labute approximate surface area is 171 Å². The highest BCUT2D eigenvalue weighted by Crippen LogP contribution is 2.43. The van der Waals surface area contributed by atoms with E-state index in [-0.39, 0.29) is 23.8 Å². The van der Waals surface area contributed by atoms with Gasteiger partial charge in [-0.05, 0) is 54.7 Å². The molecule has 1 saturated heterocycles. The van der Waals surface area contributed by atoms with Crippen molar-refractivity contribution in [3.63, 3.8) is 0 Å². The van der Waals surface area contributed by atoms with Crippen molar-refractivity contribution in [1.82, 2.24) is 15.5 Å². The lowest BCUT2D eigenvalue weighted by Crippen LogP contribution is -2.51. The number of amides is 4. The Morgan fingerprint density at radius 2 is 1.82 bits per heavy atom. The fourth-order valence-electron chi connectivity index (χ4n) is 4.14. The lowest BCUT2D eigenvalue weighted by atomic mass is 9.67. The molecule has 0 atom stereocenters.